The van der Waals surface area contributed by atoms with Gasteiger partial charge in [-0.2, -0.15) is 0 Å². The van der Waals surface area contributed by atoms with Gasteiger partial charge in [-0.15, -0.1) is 11.8 Å². The highest BCUT2D eigenvalue weighted by Gasteiger charge is 2.20. The number of nitrogen functional groups attached to an aromatic ring is 1. The Balaban J connectivity index is 2.73. The van der Waals surface area contributed by atoms with Crippen molar-refractivity contribution in [1.29, 1.82) is 0 Å². The van der Waals surface area contributed by atoms with Crippen LogP contribution in [-0.4, -0.2) is 16.7 Å². The van der Waals surface area contributed by atoms with Gasteiger partial charge >= 0.3 is 0 Å². The molecule has 1 atom stereocenters. The minimum Gasteiger partial charge on any atom is -0.398 e. The first-order valence-electron chi connectivity index (χ1n) is 6.04. The summed E-state index contributed by atoms with van der Waals surface area (Å²) in [4.78, 5) is 13.0. The predicted molar refractivity (Wildman–Crippen MR) is 78.8 cm³/mol. The Kier molecular flexibility index (Phi) is 4.68. The molecule has 0 aromatic heterocycles. The summed E-state index contributed by atoms with van der Waals surface area (Å²) in [7, 11) is 0. The number of hydrogen-bond donors (Lipinski definition) is 2. The number of para-hydroxylation sites is 1. The number of carbonyl (C=O) groups excluding carboxylic acids is 1. The van der Waals surface area contributed by atoms with Crippen LogP contribution >= 0.6 is 11.8 Å². The molecule has 0 bridgehead atoms. The van der Waals surface area contributed by atoms with Crippen molar-refractivity contribution in [2.75, 3.05) is 5.73 Å². The average molecular weight is 266 g/mol. The molecule has 0 heterocycles. The molecule has 1 aromatic carbocycles. The highest BCUT2D eigenvalue weighted by Crippen LogP contribution is 2.30. The summed E-state index contributed by atoms with van der Waals surface area (Å²) in [5.74, 6) is 0.0356. The molecular formula is C14H22N2OS. The predicted octanol–water partition coefficient (Wildman–Crippen LogP) is 2.97. The zero-order valence-electron chi connectivity index (χ0n) is 11.7. The van der Waals surface area contributed by atoms with E-state index < -0.39 is 0 Å². The molecule has 0 saturated heterocycles. The zero-order valence-corrected chi connectivity index (χ0v) is 12.5. The molecule has 0 fully saturated rings. The van der Waals surface area contributed by atoms with E-state index in [0.717, 1.165) is 16.1 Å². The maximum Gasteiger partial charge on any atom is 0.233 e. The summed E-state index contributed by atoms with van der Waals surface area (Å²) >= 11 is 1.50. The Bertz CT molecular complexity index is 438. The van der Waals surface area contributed by atoms with Gasteiger partial charge in [0, 0.05) is 16.1 Å². The number of rotatable bonds is 3. The van der Waals surface area contributed by atoms with Crippen LogP contribution in [0.4, 0.5) is 5.69 Å². The highest BCUT2D eigenvalue weighted by atomic mass is 32.2. The Morgan fingerprint density at radius 2 is 2.00 bits per heavy atom. The molecule has 0 aliphatic heterocycles. The van der Waals surface area contributed by atoms with E-state index in [-0.39, 0.29) is 16.7 Å². The van der Waals surface area contributed by atoms with Crippen LogP contribution in [0.3, 0.4) is 0 Å². The van der Waals surface area contributed by atoms with Gasteiger partial charge in [0.05, 0.1) is 5.25 Å². The summed E-state index contributed by atoms with van der Waals surface area (Å²) in [6.07, 6.45) is 0. The van der Waals surface area contributed by atoms with Gasteiger partial charge in [-0.3, -0.25) is 4.79 Å². The maximum absolute atomic E-state index is 12.0. The molecule has 1 rings (SSSR count). The van der Waals surface area contributed by atoms with Gasteiger partial charge in [0.1, 0.15) is 0 Å². The first-order chi connectivity index (χ1) is 8.20. The number of nitrogens with two attached hydrogens (primary N) is 1. The molecule has 0 spiro atoms. The molecule has 0 saturated carbocycles. The van der Waals surface area contributed by atoms with Gasteiger partial charge in [0.2, 0.25) is 5.91 Å². The van der Waals surface area contributed by atoms with Crippen molar-refractivity contribution < 1.29 is 4.79 Å². The van der Waals surface area contributed by atoms with Crippen molar-refractivity contribution in [2.24, 2.45) is 0 Å². The van der Waals surface area contributed by atoms with Crippen molar-refractivity contribution in [3.63, 3.8) is 0 Å². The lowest BCUT2D eigenvalue weighted by Crippen LogP contribution is -2.44. The third kappa shape index (κ3) is 4.26. The summed E-state index contributed by atoms with van der Waals surface area (Å²) in [5, 5.41) is 2.81. The summed E-state index contributed by atoms with van der Waals surface area (Å²) in [6.45, 7) is 9.79. The fourth-order valence-electron chi connectivity index (χ4n) is 1.47. The van der Waals surface area contributed by atoms with Crippen LogP contribution in [0.1, 0.15) is 33.3 Å². The van der Waals surface area contributed by atoms with E-state index in [0.29, 0.717) is 0 Å². The topological polar surface area (TPSA) is 55.1 Å². The Hall–Kier alpha value is -1.16. The lowest BCUT2D eigenvalue weighted by Gasteiger charge is -2.23. The van der Waals surface area contributed by atoms with Crippen LogP contribution in [0.15, 0.2) is 23.1 Å². The SMILES string of the molecule is Cc1cccc(SC(C)C(=O)NC(C)(C)C)c1N. The first-order valence-corrected chi connectivity index (χ1v) is 6.92. The monoisotopic (exact) mass is 266 g/mol. The summed E-state index contributed by atoms with van der Waals surface area (Å²) in [6, 6.07) is 5.88. The van der Waals surface area contributed by atoms with Gasteiger partial charge in [0.25, 0.3) is 0 Å². The van der Waals surface area contributed by atoms with Crippen LogP contribution in [0, 0.1) is 6.92 Å². The molecule has 3 N–H and O–H groups in total. The first kappa shape index (κ1) is 14.9. The van der Waals surface area contributed by atoms with Crippen LogP contribution in [0.2, 0.25) is 0 Å². The second kappa shape index (κ2) is 5.65. The lowest BCUT2D eigenvalue weighted by molar-refractivity contribution is -0.121. The second-order valence-corrected chi connectivity index (χ2v) is 6.87. The molecule has 1 amide bonds. The van der Waals surface area contributed by atoms with Crippen LogP contribution in [0.25, 0.3) is 0 Å². The van der Waals surface area contributed by atoms with Gasteiger partial charge in [0.15, 0.2) is 0 Å². The number of hydrogen-bond acceptors (Lipinski definition) is 3. The summed E-state index contributed by atoms with van der Waals surface area (Å²) in [5.41, 5.74) is 7.61. The molecule has 18 heavy (non-hydrogen) atoms. The maximum atomic E-state index is 12.0. The second-order valence-electron chi connectivity index (χ2n) is 5.49. The summed E-state index contributed by atoms with van der Waals surface area (Å²) < 4.78 is 0. The standard InChI is InChI=1S/C14H22N2OS/c1-9-7-6-8-11(12(9)15)18-10(2)13(17)16-14(3,4)5/h6-8,10H,15H2,1-5H3,(H,16,17). The van der Waals surface area contributed by atoms with Crippen molar-refractivity contribution >= 4 is 23.4 Å². The Labute approximate surface area is 114 Å². The third-order valence-corrected chi connectivity index (χ3v) is 3.63. The molecule has 100 valence electrons. The van der Waals surface area contributed by atoms with Crippen molar-refractivity contribution in [3.8, 4) is 0 Å². The van der Waals surface area contributed by atoms with Crippen molar-refractivity contribution in [3.05, 3.63) is 23.8 Å². The van der Waals surface area contributed by atoms with Gasteiger partial charge < -0.3 is 11.1 Å². The van der Waals surface area contributed by atoms with Crippen LogP contribution < -0.4 is 11.1 Å². The van der Waals surface area contributed by atoms with Gasteiger partial charge in [-0.25, -0.2) is 0 Å². The van der Waals surface area contributed by atoms with E-state index >= 15 is 0 Å². The molecular weight excluding hydrogens is 244 g/mol. The number of aryl methyl sites for hydroxylation is 1. The van der Waals surface area contributed by atoms with Gasteiger partial charge in [-0.05, 0) is 46.2 Å². The number of thioether (sulfide) groups is 1. The lowest BCUT2D eigenvalue weighted by atomic mass is 10.1. The minimum atomic E-state index is -0.204. The molecule has 0 radical (unpaired) electrons. The highest BCUT2D eigenvalue weighted by molar-refractivity contribution is 8.00. The Morgan fingerprint density at radius 1 is 1.39 bits per heavy atom. The van der Waals surface area contributed by atoms with E-state index in [1.807, 2.05) is 52.8 Å². The number of carbonyl (C=O) groups is 1. The number of amides is 1. The normalized spacial score (nSPS) is 13.2. The van der Waals surface area contributed by atoms with E-state index in [9.17, 15) is 4.79 Å². The average Bonchev–Trinajstić information content (AvgIpc) is 2.22. The van der Waals surface area contributed by atoms with E-state index in [1.54, 1.807) is 0 Å². The molecule has 4 heteroatoms. The number of nitrogens with one attached hydrogen (secondary N) is 1. The van der Waals surface area contributed by atoms with Crippen molar-refractivity contribution in [2.45, 2.75) is 50.3 Å². The number of anilines is 1. The molecule has 0 aliphatic rings. The van der Waals surface area contributed by atoms with Gasteiger partial charge in [-0.1, -0.05) is 12.1 Å². The number of benzene rings is 1. The van der Waals surface area contributed by atoms with Crippen LogP contribution in [0.5, 0.6) is 0 Å². The van der Waals surface area contributed by atoms with E-state index in [2.05, 4.69) is 5.32 Å². The van der Waals surface area contributed by atoms with E-state index in [1.165, 1.54) is 11.8 Å². The Morgan fingerprint density at radius 3 is 2.56 bits per heavy atom. The van der Waals surface area contributed by atoms with Crippen LogP contribution in [-0.2, 0) is 4.79 Å². The minimum absolute atomic E-state index is 0.0356. The smallest absolute Gasteiger partial charge is 0.233 e. The molecule has 1 aromatic rings. The zero-order chi connectivity index (χ0) is 13.9. The third-order valence-electron chi connectivity index (χ3n) is 2.46. The molecule has 3 nitrogen and oxygen atoms in total. The molecule has 0 aliphatic carbocycles. The van der Waals surface area contributed by atoms with Crippen molar-refractivity contribution in [1.82, 2.24) is 5.32 Å². The quantitative estimate of drug-likeness (QED) is 0.653. The largest absolute Gasteiger partial charge is 0.398 e. The van der Waals surface area contributed by atoms with E-state index in [4.69, 9.17) is 5.73 Å². The molecule has 1 unspecified atom stereocenters. The fourth-order valence-corrected chi connectivity index (χ4v) is 2.46. The fraction of sp³-hybridized carbons (Fsp3) is 0.500.